The number of aliphatic carboxylic acids is 1. The van der Waals surface area contributed by atoms with Gasteiger partial charge in [-0.1, -0.05) is 38.5 Å². The van der Waals surface area contributed by atoms with Crippen molar-refractivity contribution in [1.82, 2.24) is 15.6 Å². The Morgan fingerprint density at radius 1 is 1.12 bits per heavy atom. The van der Waals surface area contributed by atoms with Crippen LogP contribution in [0.2, 0.25) is 0 Å². The van der Waals surface area contributed by atoms with Gasteiger partial charge in [-0.15, -0.1) is 0 Å². The van der Waals surface area contributed by atoms with Crippen molar-refractivity contribution in [3.63, 3.8) is 0 Å². The molecular formula is C22H31N5O5. The first kappa shape index (κ1) is 24.9. The fraction of sp³-hybridized carbons (Fsp3) is 0.455. The summed E-state index contributed by atoms with van der Waals surface area (Å²) < 4.78 is 0. The molecule has 2 rings (SSSR count). The van der Waals surface area contributed by atoms with Crippen LogP contribution >= 0.6 is 0 Å². The lowest BCUT2D eigenvalue weighted by atomic mass is 9.98. The minimum atomic E-state index is -1.15. The van der Waals surface area contributed by atoms with Crippen LogP contribution in [0.15, 0.2) is 30.5 Å². The van der Waals surface area contributed by atoms with Crippen LogP contribution in [0.1, 0.15) is 38.7 Å². The summed E-state index contributed by atoms with van der Waals surface area (Å²) in [6.07, 6.45) is 2.38. The number of fused-ring (bicyclic) bond motifs is 1. The van der Waals surface area contributed by atoms with E-state index in [0.717, 1.165) is 16.5 Å². The van der Waals surface area contributed by atoms with Gasteiger partial charge >= 0.3 is 5.97 Å². The first-order valence-electron chi connectivity index (χ1n) is 10.6. The van der Waals surface area contributed by atoms with E-state index in [4.69, 9.17) is 11.5 Å². The summed E-state index contributed by atoms with van der Waals surface area (Å²) >= 11 is 0. The fourth-order valence-electron chi connectivity index (χ4n) is 3.37. The van der Waals surface area contributed by atoms with Crippen molar-refractivity contribution in [2.45, 2.75) is 57.7 Å². The molecule has 3 amide bonds. The maximum absolute atomic E-state index is 13.1. The second-order valence-electron chi connectivity index (χ2n) is 7.95. The third kappa shape index (κ3) is 6.55. The van der Waals surface area contributed by atoms with Gasteiger partial charge in [-0.2, -0.15) is 0 Å². The lowest BCUT2D eigenvalue weighted by molar-refractivity contribution is -0.143. The Hall–Kier alpha value is -3.40. The zero-order chi connectivity index (χ0) is 23.8. The third-order valence-electron chi connectivity index (χ3n) is 5.55. The molecule has 0 unspecified atom stereocenters. The van der Waals surface area contributed by atoms with Crippen molar-refractivity contribution in [3.8, 4) is 0 Å². The number of amides is 3. The van der Waals surface area contributed by atoms with Crippen molar-refractivity contribution in [2.75, 3.05) is 0 Å². The Balaban J connectivity index is 2.24. The number of nitrogens with two attached hydrogens (primary N) is 2. The van der Waals surface area contributed by atoms with Crippen LogP contribution in [0.4, 0.5) is 0 Å². The summed E-state index contributed by atoms with van der Waals surface area (Å²) in [5.74, 6) is -3.29. The van der Waals surface area contributed by atoms with E-state index in [1.54, 1.807) is 13.1 Å². The molecular weight excluding hydrogens is 414 g/mol. The molecule has 0 bridgehead atoms. The van der Waals surface area contributed by atoms with Gasteiger partial charge in [-0.3, -0.25) is 14.4 Å². The standard InChI is InChI=1S/C22H31N5O5/c1-3-12(2)19(22(31)32)27-21(30)17(26-20(29)15(23)8-9-18(24)28)10-13-11-25-16-7-5-4-6-14(13)16/h4-7,11-12,15,17,19,25H,3,8-10,23H2,1-2H3,(H2,24,28)(H,26,29)(H,27,30)(H,31,32)/t12-,15-,17-,19-/m0/s1. The fourth-order valence-corrected chi connectivity index (χ4v) is 3.37. The lowest BCUT2D eigenvalue weighted by Crippen LogP contribution is -2.56. The van der Waals surface area contributed by atoms with Gasteiger partial charge in [0.05, 0.1) is 6.04 Å². The lowest BCUT2D eigenvalue weighted by Gasteiger charge is -2.25. The number of carbonyl (C=O) groups excluding carboxylic acids is 3. The number of carboxylic acids is 1. The molecule has 174 valence electrons. The number of carboxylic acid groups (broad SMARTS) is 1. The summed E-state index contributed by atoms with van der Waals surface area (Å²) in [4.78, 5) is 51.4. The van der Waals surface area contributed by atoms with Crippen LogP contribution in [-0.2, 0) is 25.6 Å². The molecule has 0 radical (unpaired) electrons. The normalized spacial score (nSPS) is 14.8. The molecule has 1 heterocycles. The van der Waals surface area contributed by atoms with E-state index < -0.39 is 41.8 Å². The Labute approximate surface area is 186 Å². The van der Waals surface area contributed by atoms with Crippen molar-refractivity contribution < 1.29 is 24.3 Å². The highest BCUT2D eigenvalue weighted by molar-refractivity contribution is 5.93. The van der Waals surface area contributed by atoms with Crippen molar-refractivity contribution in [2.24, 2.45) is 17.4 Å². The number of benzene rings is 1. The summed E-state index contributed by atoms with van der Waals surface area (Å²) in [6.45, 7) is 3.56. The van der Waals surface area contributed by atoms with Crippen LogP contribution in [0.3, 0.4) is 0 Å². The van der Waals surface area contributed by atoms with Crippen LogP contribution in [0.5, 0.6) is 0 Å². The molecule has 0 aliphatic carbocycles. The van der Waals surface area contributed by atoms with Crippen LogP contribution in [0.25, 0.3) is 10.9 Å². The van der Waals surface area contributed by atoms with Crippen molar-refractivity contribution >= 4 is 34.6 Å². The Morgan fingerprint density at radius 2 is 1.81 bits per heavy atom. The van der Waals surface area contributed by atoms with E-state index in [2.05, 4.69) is 15.6 Å². The van der Waals surface area contributed by atoms with Crippen molar-refractivity contribution in [3.05, 3.63) is 36.0 Å². The summed E-state index contributed by atoms with van der Waals surface area (Å²) in [6, 6.07) is 4.30. The number of aromatic amines is 1. The number of H-pyrrole nitrogens is 1. The molecule has 0 aliphatic rings. The molecule has 0 spiro atoms. The van der Waals surface area contributed by atoms with Gasteiger partial charge < -0.3 is 32.2 Å². The monoisotopic (exact) mass is 445 g/mol. The predicted octanol–water partition coefficient (Wildman–Crippen LogP) is 0.404. The van der Waals surface area contributed by atoms with E-state index in [1.165, 1.54) is 0 Å². The van der Waals surface area contributed by atoms with Crippen molar-refractivity contribution in [1.29, 1.82) is 0 Å². The first-order valence-corrected chi connectivity index (χ1v) is 10.6. The minimum absolute atomic E-state index is 0.0349. The molecule has 2 aromatic rings. The molecule has 0 saturated carbocycles. The number of carbonyl (C=O) groups is 4. The van der Waals surface area contributed by atoms with Gasteiger partial charge in [0.1, 0.15) is 12.1 Å². The van der Waals surface area contributed by atoms with Gasteiger partial charge in [0.25, 0.3) is 0 Å². The Bertz CT molecular complexity index is 973. The quantitative estimate of drug-likeness (QED) is 0.275. The number of primary amides is 1. The molecule has 8 N–H and O–H groups in total. The number of nitrogens with one attached hydrogen (secondary N) is 3. The van der Waals surface area contributed by atoms with Gasteiger partial charge in [0.2, 0.25) is 17.7 Å². The molecule has 10 nitrogen and oxygen atoms in total. The summed E-state index contributed by atoms with van der Waals surface area (Å²) in [5, 5.41) is 15.6. The smallest absolute Gasteiger partial charge is 0.326 e. The van der Waals surface area contributed by atoms with E-state index in [-0.39, 0.29) is 25.2 Å². The molecule has 10 heteroatoms. The minimum Gasteiger partial charge on any atom is -0.480 e. The molecule has 0 saturated heterocycles. The molecule has 0 fully saturated rings. The zero-order valence-electron chi connectivity index (χ0n) is 18.3. The van der Waals surface area contributed by atoms with Gasteiger partial charge in [0.15, 0.2) is 0 Å². The largest absolute Gasteiger partial charge is 0.480 e. The molecule has 0 aliphatic heterocycles. The Kier molecular flexibility index (Phi) is 8.77. The average Bonchev–Trinajstić information content (AvgIpc) is 3.17. The summed E-state index contributed by atoms with van der Waals surface area (Å²) in [7, 11) is 0. The summed E-state index contributed by atoms with van der Waals surface area (Å²) in [5.41, 5.74) is 12.6. The molecule has 1 aromatic heterocycles. The predicted molar refractivity (Wildman–Crippen MR) is 119 cm³/mol. The second-order valence-corrected chi connectivity index (χ2v) is 7.95. The van der Waals surface area contributed by atoms with Crippen LogP contribution in [-0.4, -0.2) is 51.9 Å². The van der Waals surface area contributed by atoms with Crippen LogP contribution in [0, 0.1) is 5.92 Å². The topological polar surface area (TPSA) is 180 Å². The maximum atomic E-state index is 13.1. The van der Waals surface area contributed by atoms with E-state index in [1.807, 2.05) is 31.2 Å². The Morgan fingerprint density at radius 3 is 2.44 bits per heavy atom. The average molecular weight is 446 g/mol. The SMILES string of the molecule is CC[C@H](C)[C@H](NC(=O)[C@H](Cc1c[nH]c2ccccc12)NC(=O)[C@@H](N)CCC(N)=O)C(=O)O. The molecule has 1 aromatic carbocycles. The van der Waals surface area contributed by atoms with Crippen LogP contribution < -0.4 is 22.1 Å². The number of para-hydroxylation sites is 1. The van der Waals surface area contributed by atoms with E-state index in [0.29, 0.717) is 6.42 Å². The zero-order valence-corrected chi connectivity index (χ0v) is 18.3. The van der Waals surface area contributed by atoms with Gasteiger partial charge in [0, 0.05) is 29.9 Å². The van der Waals surface area contributed by atoms with E-state index in [9.17, 15) is 24.3 Å². The van der Waals surface area contributed by atoms with Gasteiger partial charge in [-0.05, 0) is 24.0 Å². The number of hydrogen-bond donors (Lipinski definition) is 6. The van der Waals surface area contributed by atoms with E-state index >= 15 is 0 Å². The molecule has 32 heavy (non-hydrogen) atoms. The maximum Gasteiger partial charge on any atom is 0.326 e. The first-order chi connectivity index (χ1) is 15.1. The molecule has 4 atom stereocenters. The highest BCUT2D eigenvalue weighted by atomic mass is 16.4. The second kappa shape index (κ2) is 11.3. The van der Waals surface area contributed by atoms with Gasteiger partial charge in [-0.25, -0.2) is 4.79 Å². The third-order valence-corrected chi connectivity index (χ3v) is 5.55. The highest BCUT2D eigenvalue weighted by Crippen LogP contribution is 2.19. The number of aromatic nitrogens is 1. The number of rotatable bonds is 12. The highest BCUT2D eigenvalue weighted by Gasteiger charge is 2.31. The number of hydrogen-bond acceptors (Lipinski definition) is 5.